The second-order valence-electron chi connectivity index (χ2n) is 2.17. The molecule has 0 aromatic carbocycles. The van der Waals surface area contributed by atoms with Crippen molar-refractivity contribution in [2.45, 2.75) is 32.0 Å². The molecule has 60 valence electrons. The molecule has 3 nitrogen and oxygen atoms in total. The van der Waals surface area contributed by atoms with E-state index in [1.54, 1.807) is 6.92 Å². The minimum Gasteiger partial charge on any atom is -0.480 e. The summed E-state index contributed by atoms with van der Waals surface area (Å²) in [6, 6.07) is -1.36. The molecule has 2 atom stereocenters. The lowest BCUT2D eigenvalue weighted by Gasteiger charge is -2.10. The Kier molecular flexibility index (Phi) is 3.95. The first-order valence-corrected chi connectivity index (χ1v) is 3.22. The number of hydrogen-bond acceptors (Lipinski definition) is 2. The van der Waals surface area contributed by atoms with Crippen LogP contribution in [0.3, 0.4) is 0 Å². The number of hydrogen-bond donors (Lipinski definition) is 2. The number of carboxylic acid groups (broad SMARTS) is 1. The van der Waals surface area contributed by atoms with E-state index in [1.165, 1.54) is 0 Å². The van der Waals surface area contributed by atoms with Crippen LogP contribution in [0.5, 0.6) is 0 Å². The second-order valence-corrected chi connectivity index (χ2v) is 2.17. The van der Waals surface area contributed by atoms with E-state index in [0.29, 0.717) is 6.42 Å². The molecule has 4 heteroatoms. The average molecular weight is 149 g/mol. The summed E-state index contributed by atoms with van der Waals surface area (Å²) in [5, 5.41) is 8.21. The van der Waals surface area contributed by atoms with Crippen molar-refractivity contribution in [3.63, 3.8) is 0 Å². The minimum atomic E-state index is -1.41. The van der Waals surface area contributed by atoms with Crippen LogP contribution in [-0.2, 0) is 4.79 Å². The third-order valence-corrected chi connectivity index (χ3v) is 1.24. The number of nitrogens with two attached hydrogens (primary N) is 1. The molecule has 0 fully saturated rings. The van der Waals surface area contributed by atoms with E-state index in [1.807, 2.05) is 0 Å². The first-order valence-electron chi connectivity index (χ1n) is 3.22. The van der Waals surface area contributed by atoms with Gasteiger partial charge in [-0.1, -0.05) is 13.3 Å². The van der Waals surface area contributed by atoms with Gasteiger partial charge in [0.1, 0.15) is 12.2 Å². The number of halogens is 1. The molecule has 0 aliphatic heterocycles. The van der Waals surface area contributed by atoms with Crippen molar-refractivity contribution in [3.8, 4) is 0 Å². The summed E-state index contributed by atoms with van der Waals surface area (Å²) in [6.07, 6.45) is -0.585. The minimum absolute atomic E-state index is 0.216. The Labute approximate surface area is 59.0 Å². The van der Waals surface area contributed by atoms with Crippen LogP contribution in [0.15, 0.2) is 0 Å². The molecule has 0 aliphatic carbocycles. The van der Waals surface area contributed by atoms with Crippen LogP contribution >= 0.6 is 0 Å². The van der Waals surface area contributed by atoms with Crippen LogP contribution in [0.1, 0.15) is 19.8 Å². The van der Waals surface area contributed by atoms with E-state index < -0.39 is 18.2 Å². The Morgan fingerprint density at radius 2 is 2.30 bits per heavy atom. The highest BCUT2D eigenvalue weighted by Crippen LogP contribution is 2.04. The number of carboxylic acids is 1. The third-order valence-electron chi connectivity index (χ3n) is 1.24. The molecule has 10 heavy (non-hydrogen) atoms. The van der Waals surface area contributed by atoms with E-state index >= 15 is 0 Å². The van der Waals surface area contributed by atoms with Crippen LogP contribution in [0.25, 0.3) is 0 Å². The molecule has 0 amide bonds. The first-order chi connectivity index (χ1) is 4.59. The van der Waals surface area contributed by atoms with Gasteiger partial charge in [0.25, 0.3) is 0 Å². The molecule has 0 bridgehead atoms. The van der Waals surface area contributed by atoms with Gasteiger partial charge in [0.05, 0.1) is 0 Å². The van der Waals surface area contributed by atoms with Crippen molar-refractivity contribution in [1.29, 1.82) is 0 Å². The summed E-state index contributed by atoms with van der Waals surface area (Å²) in [6.45, 7) is 1.78. The first kappa shape index (κ1) is 9.36. The largest absolute Gasteiger partial charge is 0.480 e. The number of carbonyl (C=O) groups is 1. The molecule has 0 rings (SSSR count). The summed E-state index contributed by atoms with van der Waals surface area (Å²) in [5.74, 6) is -1.28. The summed E-state index contributed by atoms with van der Waals surface area (Å²) < 4.78 is 12.5. The van der Waals surface area contributed by atoms with Gasteiger partial charge in [0.2, 0.25) is 0 Å². The van der Waals surface area contributed by atoms with Gasteiger partial charge in [-0.05, 0) is 6.42 Å². The van der Waals surface area contributed by atoms with Crippen LogP contribution in [0, 0.1) is 0 Å². The van der Waals surface area contributed by atoms with Gasteiger partial charge in [0.15, 0.2) is 0 Å². The average Bonchev–Trinajstić information content (AvgIpc) is 1.87. The Balaban J connectivity index is 3.69. The maximum atomic E-state index is 12.5. The lowest BCUT2D eigenvalue weighted by atomic mass is 10.1. The third kappa shape index (κ3) is 2.77. The molecule has 2 unspecified atom stereocenters. The van der Waals surface area contributed by atoms with Crippen molar-refractivity contribution in [2.75, 3.05) is 0 Å². The number of alkyl halides is 1. The molecular weight excluding hydrogens is 137 g/mol. The standard InChI is InChI=1S/C6H12FNO2/c1-2-3-4(7)5(8)6(9)10/h4-5H,2-3,8H2,1H3,(H,9,10). The molecule has 0 aromatic rings. The number of aliphatic carboxylic acids is 1. The lowest BCUT2D eigenvalue weighted by Crippen LogP contribution is -2.39. The Bertz CT molecular complexity index is 118. The highest BCUT2D eigenvalue weighted by atomic mass is 19.1. The molecule has 3 N–H and O–H groups in total. The molecule has 0 saturated carbocycles. The van der Waals surface area contributed by atoms with Crippen LogP contribution in [-0.4, -0.2) is 23.3 Å². The molecule has 0 spiro atoms. The van der Waals surface area contributed by atoms with Crippen LogP contribution in [0.4, 0.5) is 4.39 Å². The quantitative estimate of drug-likeness (QED) is 0.613. The maximum Gasteiger partial charge on any atom is 0.323 e. The van der Waals surface area contributed by atoms with Crippen molar-refractivity contribution >= 4 is 5.97 Å². The van der Waals surface area contributed by atoms with E-state index in [4.69, 9.17) is 10.8 Å². The number of rotatable bonds is 4. The van der Waals surface area contributed by atoms with Crippen molar-refractivity contribution in [3.05, 3.63) is 0 Å². The highest BCUT2D eigenvalue weighted by Gasteiger charge is 2.22. The molecule has 0 saturated heterocycles. The fraction of sp³-hybridized carbons (Fsp3) is 0.833. The zero-order chi connectivity index (χ0) is 8.15. The van der Waals surface area contributed by atoms with Gasteiger partial charge in [0, 0.05) is 0 Å². The van der Waals surface area contributed by atoms with Crippen LogP contribution < -0.4 is 5.73 Å². The lowest BCUT2D eigenvalue weighted by molar-refractivity contribution is -0.140. The van der Waals surface area contributed by atoms with Gasteiger partial charge >= 0.3 is 5.97 Å². The van der Waals surface area contributed by atoms with Gasteiger partial charge < -0.3 is 10.8 Å². The predicted molar refractivity (Wildman–Crippen MR) is 35.4 cm³/mol. The van der Waals surface area contributed by atoms with Gasteiger partial charge in [-0.2, -0.15) is 0 Å². The fourth-order valence-electron chi connectivity index (χ4n) is 0.610. The van der Waals surface area contributed by atoms with E-state index in [0.717, 1.165) is 0 Å². The fourth-order valence-corrected chi connectivity index (χ4v) is 0.610. The predicted octanol–water partition coefficient (Wildman–Crippen LogP) is 0.536. The normalized spacial score (nSPS) is 16.3. The van der Waals surface area contributed by atoms with Crippen LogP contribution in [0.2, 0.25) is 0 Å². The maximum absolute atomic E-state index is 12.5. The zero-order valence-electron chi connectivity index (χ0n) is 5.88. The van der Waals surface area contributed by atoms with Crippen molar-refractivity contribution in [2.24, 2.45) is 5.73 Å². The van der Waals surface area contributed by atoms with Gasteiger partial charge in [-0.15, -0.1) is 0 Å². The molecule has 0 aliphatic rings. The van der Waals surface area contributed by atoms with E-state index in [2.05, 4.69) is 0 Å². The molecule has 0 heterocycles. The SMILES string of the molecule is CCCC(F)C(N)C(=O)O. The van der Waals surface area contributed by atoms with Crippen molar-refractivity contribution in [1.82, 2.24) is 0 Å². The topological polar surface area (TPSA) is 63.3 Å². The zero-order valence-corrected chi connectivity index (χ0v) is 5.88. The second kappa shape index (κ2) is 4.22. The van der Waals surface area contributed by atoms with E-state index in [-0.39, 0.29) is 6.42 Å². The van der Waals surface area contributed by atoms with E-state index in [9.17, 15) is 9.18 Å². The van der Waals surface area contributed by atoms with Gasteiger partial charge in [-0.25, -0.2) is 4.39 Å². The molecule has 0 aromatic heterocycles. The van der Waals surface area contributed by atoms with Crippen molar-refractivity contribution < 1.29 is 14.3 Å². The van der Waals surface area contributed by atoms with Gasteiger partial charge in [-0.3, -0.25) is 4.79 Å². The monoisotopic (exact) mass is 149 g/mol. The highest BCUT2D eigenvalue weighted by molar-refractivity contribution is 5.73. The summed E-state index contributed by atoms with van der Waals surface area (Å²) in [5.41, 5.74) is 4.97. The Morgan fingerprint density at radius 1 is 1.80 bits per heavy atom. The molecular formula is C6H12FNO2. The molecule has 0 radical (unpaired) electrons. The Hall–Kier alpha value is -0.640. The summed E-state index contributed by atoms with van der Waals surface area (Å²) >= 11 is 0. The summed E-state index contributed by atoms with van der Waals surface area (Å²) in [7, 11) is 0. The Morgan fingerprint density at radius 3 is 2.60 bits per heavy atom. The summed E-state index contributed by atoms with van der Waals surface area (Å²) in [4.78, 5) is 10.1. The smallest absolute Gasteiger partial charge is 0.323 e.